The molecule has 5 nitrogen and oxygen atoms in total. The van der Waals surface area contributed by atoms with Gasteiger partial charge in [0.15, 0.2) is 0 Å². The molecule has 0 unspecified atom stereocenters. The second-order valence-electron chi connectivity index (χ2n) is 4.98. The van der Waals surface area contributed by atoms with Crippen LogP contribution < -0.4 is 5.32 Å². The highest BCUT2D eigenvalue weighted by atomic mass is 16.5. The highest BCUT2D eigenvalue weighted by Crippen LogP contribution is 2.31. The van der Waals surface area contributed by atoms with Crippen LogP contribution in [0.25, 0.3) is 0 Å². The Balaban J connectivity index is 1.63. The third-order valence-corrected chi connectivity index (χ3v) is 3.99. The number of aromatic nitrogens is 1. The number of carbonyl (C=O) groups is 1. The van der Waals surface area contributed by atoms with Crippen molar-refractivity contribution in [1.82, 2.24) is 15.4 Å². The number of hydrogen-bond donors (Lipinski definition) is 1. The summed E-state index contributed by atoms with van der Waals surface area (Å²) in [5.74, 6) is 0.315. The van der Waals surface area contributed by atoms with Crippen LogP contribution in [-0.2, 0) is 0 Å². The monoisotopic (exact) mass is 235 g/mol. The summed E-state index contributed by atoms with van der Waals surface area (Å²) in [6.07, 6.45) is 6.12. The molecule has 2 fully saturated rings. The first-order valence-corrected chi connectivity index (χ1v) is 6.24. The molecule has 1 amide bonds. The van der Waals surface area contributed by atoms with Crippen LogP contribution in [0.2, 0.25) is 0 Å². The van der Waals surface area contributed by atoms with Crippen LogP contribution in [-0.4, -0.2) is 41.1 Å². The standard InChI is InChI=1S/C12H17N3O2/c16-11(10-2-7-14-17-10)15-8-4-12(5-9-15)3-1-6-13-12/h2,7,13H,1,3-6,8-9H2. The fourth-order valence-corrected chi connectivity index (χ4v) is 2.92. The van der Waals surface area contributed by atoms with Gasteiger partial charge in [-0.05, 0) is 32.2 Å². The molecule has 2 saturated heterocycles. The van der Waals surface area contributed by atoms with Gasteiger partial charge in [-0.25, -0.2) is 0 Å². The SMILES string of the molecule is O=C(c1ccno1)N1CCC2(CCCN2)CC1. The van der Waals surface area contributed by atoms with Crippen LogP contribution in [0, 0.1) is 0 Å². The molecule has 1 aromatic rings. The van der Waals surface area contributed by atoms with Crippen molar-refractivity contribution in [3.8, 4) is 0 Å². The maximum atomic E-state index is 12.0. The van der Waals surface area contributed by atoms with Crippen molar-refractivity contribution in [2.24, 2.45) is 0 Å². The van der Waals surface area contributed by atoms with Crippen molar-refractivity contribution in [2.75, 3.05) is 19.6 Å². The molecule has 17 heavy (non-hydrogen) atoms. The molecular formula is C12H17N3O2. The molecular weight excluding hydrogens is 218 g/mol. The highest BCUT2D eigenvalue weighted by Gasteiger charge is 2.38. The fourth-order valence-electron chi connectivity index (χ4n) is 2.92. The minimum absolute atomic E-state index is 0.0321. The zero-order valence-electron chi connectivity index (χ0n) is 9.82. The van der Waals surface area contributed by atoms with Crippen molar-refractivity contribution in [3.05, 3.63) is 18.0 Å². The summed E-state index contributed by atoms with van der Waals surface area (Å²) in [6.45, 7) is 2.75. The predicted octanol–water partition coefficient (Wildman–Crippen LogP) is 1.03. The molecule has 92 valence electrons. The van der Waals surface area contributed by atoms with E-state index in [1.54, 1.807) is 6.07 Å². The van der Waals surface area contributed by atoms with Gasteiger partial charge in [-0.3, -0.25) is 4.79 Å². The highest BCUT2D eigenvalue weighted by molar-refractivity contribution is 5.91. The number of piperidine rings is 1. The molecule has 0 atom stereocenters. The van der Waals surface area contributed by atoms with Crippen LogP contribution in [0.15, 0.2) is 16.8 Å². The lowest BCUT2D eigenvalue weighted by Crippen LogP contribution is -2.51. The van der Waals surface area contributed by atoms with Gasteiger partial charge in [0.2, 0.25) is 5.76 Å². The van der Waals surface area contributed by atoms with E-state index in [-0.39, 0.29) is 5.91 Å². The second kappa shape index (κ2) is 4.14. The molecule has 1 N–H and O–H groups in total. The van der Waals surface area contributed by atoms with E-state index >= 15 is 0 Å². The lowest BCUT2D eigenvalue weighted by molar-refractivity contribution is 0.0616. The summed E-state index contributed by atoms with van der Waals surface area (Å²) in [6, 6.07) is 1.63. The Kier molecular flexibility index (Phi) is 2.63. The Bertz CT molecular complexity index is 386. The average molecular weight is 235 g/mol. The first-order chi connectivity index (χ1) is 8.29. The topological polar surface area (TPSA) is 58.4 Å². The van der Waals surface area contributed by atoms with Crippen molar-refractivity contribution in [3.63, 3.8) is 0 Å². The summed E-state index contributed by atoms with van der Waals surface area (Å²) < 4.78 is 4.91. The van der Waals surface area contributed by atoms with Crippen LogP contribution in [0.3, 0.4) is 0 Å². The maximum absolute atomic E-state index is 12.0. The Labute approximate surface area is 100 Å². The Morgan fingerprint density at radius 1 is 1.41 bits per heavy atom. The van der Waals surface area contributed by atoms with Gasteiger partial charge in [-0.2, -0.15) is 0 Å². The van der Waals surface area contributed by atoms with E-state index in [4.69, 9.17) is 4.52 Å². The van der Waals surface area contributed by atoms with Crippen LogP contribution >= 0.6 is 0 Å². The van der Waals surface area contributed by atoms with Crippen LogP contribution in [0.1, 0.15) is 36.2 Å². The molecule has 3 heterocycles. The second-order valence-corrected chi connectivity index (χ2v) is 4.98. The summed E-state index contributed by atoms with van der Waals surface area (Å²) in [4.78, 5) is 13.9. The molecule has 1 aromatic heterocycles. The number of hydrogen-bond acceptors (Lipinski definition) is 4. The predicted molar refractivity (Wildman–Crippen MR) is 61.6 cm³/mol. The molecule has 5 heteroatoms. The Morgan fingerprint density at radius 3 is 2.82 bits per heavy atom. The zero-order chi connectivity index (χ0) is 11.7. The largest absolute Gasteiger partial charge is 0.351 e. The minimum Gasteiger partial charge on any atom is -0.351 e. The van der Waals surface area contributed by atoms with E-state index < -0.39 is 0 Å². The van der Waals surface area contributed by atoms with E-state index in [0.29, 0.717) is 11.3 Å². The molecule has 3 rings (SSSR count). The molecule has 0 radical (unpaired) electrons. The lowest BCUT2D eigenvalue weighted by Gasteiger charge is -2.39. The lowest BCUT2D eigenvalue weighted by atomic mass is 9.86. The van der Waals surface area contributed by atoms with Gasteiger partial charge in [0.1, 0.15) is 0 Å². The van der Waals surface area contributed by atoms with Gasteiger partial charge in [0.25, 0.3) is 5.91 Å². The summed E-state index contributed by atoms with van der Waals surface area (Å²) in [5.41, 5.74) is 0.304. The number of likely N-dealkylation sites (tertiary alicyclic amines) is 1. The molecule has 2 aliphatic rings. The van der Waals surface area contributed by atoms with Crippen molar-refractivity contribution >= 4 is 5.91 Å². The molecule has 0 aromatic carbocycles. The minimum atomic E-state index is -0.0321. The third-order valence-electron chi connectivity index (χ3n) is 3.99. The fraction of sp³-hybridized carbons (Fsp3) is 0.667. The molecule has 0 aliphatic carbocycles. The van der Waals surface area contributed by atoms with Crippen LogP contribution in [0.4, 0.5) is 0 Å². The van der Waals surface area contributed by atoms with Gasteiger partial charge in [0.05, 0.1) is 6.20 Å². The zero-order valence-corrected chi connectivity index (χ0v) is 9.82. The number of amides is 1. The molecule has 1 spiro atoms. The Morgan fingerprint density at radius 2 is 2.24 bits per heavy atom. The smallest absolute Gasteiger partial charge is 0.292 e. The average Bonchev–Trinajstić information content (AvgIpc) is 3.01. The quantitative estimate of drug-likeness (QED) is 0.790. The van der Waals surface area contributed by atoms with E-state index in [9.17, 15) is 4.79 Å². The van der Waals surface area contributed by atoms with Gasteiger partial charge in [-0.1, -0.05) is 5.16 Å². The number of carbonyl (C=O) groups excluding carboxylic acids is 1. The van der Waals surface area contributed by atoms with E-state index in [2.05, 4.69) is 10.5 Å². The first kappa shape index (κ1) is 10.8. The first-order valence-electron chi connectivity index (χ1n) is 6.24. The molecule has 2 aliphatic heterocycles. The van der Waals surface area contributed by atoms with Gasteiger partial charge in [-0.15, -0.1) is 0 Å². The van der Waals surface area contributed by atoms with Crippen molar-refractivity contribution < 1.29 is 9.32 Å². The number of nitrogens with one attached hydrogen (secondary N) is 1. The summed E-state index contributed by atoms with van der Waals surface area (Å²) in [7, 11) is 0. The van der Waals surface area contributed by atoms with Crippen LogP contribution in [0.5, 0.6) is 0 Å². The Hall–Kier alpha value is -1.36. The van der Waals surface area contributed by atoms with E-state index in [1.165, 1.54) is 19.0 Å². The van der Waals surface area contributed by atoms with Crippen molar-refractivity contribution in [1.29, 1.82) is 0 Å². The number of nitrogens with zero attached hydrogens (tertiary/aromatic N) is 2. The van der Waals surface area contributed by atoms with Crippen molar-refractivity contribution in [2.45, 2.75) is 31.2 Å². The summed E-state index contributed by atoms with van der Waals surface area (Å²) in [5, 5.41) is 7.17. The maximum Gasteiger partial charge on any atom is 0.292 e. The van der Waals surface area contributed by atoms with E-state index in [0.717, 1.165) is 32.5 Å². The summed E-state index contributed by atoms with van der Waals surface area (Å²) >= 11 is 0. The van der Waals surface area contributed by atoms with Gasteiger partial charge in [0, 0.05) is 24.7 Å². The van der Waals surface area contributed by atoms with Gasteiger partial charge < -0.3 is 14.7 Å². The van der Waals surface area contributed by atoms with E-state index in [1.807, 2.05) is 4.90 Å². The molecule has 0 saturated carbocycles. The normalized spacial score (nSPS) is 23.2. The number of rotatable bonds is 1. The van der Waals surface area contributed by atoms with Gasteiger partial charge >= 0.3 is 0 Å². The third kappa shape index (κ3) is 1.95. The molecule has 0 bridgehead atoms.